The lowest BCUT2D eigenvalue weighted by molar-refractivity contribution is 0.402. The molecule has 0 saturated heterocycles. The fourth-order valence-electron chi connectivity index (χ4n) is 3.54. The molecule has 1 aromatic heterocycles. The molecule has 3 aromatic rings. The van der Waals surface area contributed by atoms with Crippen molar-refractivity contribution >= 4 is 22.5 Å². The van der Waals surface area contributed by atoms with Gasteiger partial charge in [-0.15, -0.1) is 0 Å². The van der Waals surface area contributed by atoms with Gasteiger partial charge in [0.05, 0.1) is 13.2 Å². The van der Waals surface area contributed by atoms with Gasteiger partial charge in [0.1, 0.15) is 5.75 Å². The van der Waals surface area contributed by atoms with E-state index in [1.165, 1.54) is 27.7 Å². The predicted molar refractivity (Wildman–Crippen MR) is 94.6 cm³/mol. The first-order valence-corrected chi connectivity index (χ1v) is 8.23. The van der Waals surface area contributed by atoms with Crippen LogP contribution in [-0.4, -0.2) is 18.6 Å². The highest BCUT2D eigenvalue weighted by molar-refractivity contribution is 6.30. The summed E-state index contributed by atoms with van der Waals surface area (Å²) >= 11 is 6.23. The van der Waals surface area contributed by atoms with Gasteiger partial charge in [0.2, 0.25) is 0 Å². The van der Waals surface area contributed by atoms with Gasteiger partial charge in [-0.3, -0.25) is 0 Å². The highest BCUT2D eigenvalue weighted by atomic mass is 35.5. The van der Waals surface area contributed by atoms with Crippen molar-refractivity contribution < 1.29 is 4.74 Å². The Morgan fingerprint density at radius 2 is 2.04 bits per heavy atom. The number of hydrogen-bond donors (Lipinski definition) is 2. The van der Waals surface area contributed by atoms with Gasteiger partial charge in [-0.2, -0.15) is 0 Å². The van der Waals surface area contributed by atoms with Crippen molar-refractivity contribution in [3.8, 4) is 5.75 Å². The number of hydrogen-bond acceptors (Lipinski definition) is 2. The van der Waals surface area contributed by atoms with E-state index in [2.05, 4.69) is 35.4 Å². The molecule has 0 bridgehead atoms. The van der Waals surface area contributed by atoms with Crippen LogP contribution in [0.4, 0.5) is 0 Å². The molecule has 0 aliphatic carbocycles. The minimum atomic E-state index is 0.0695. The maximum Gasteiger partial charge on any atom is 0.124 e. The lowest BCUT2D eigenvalue weighted by Gasteiger charge is -2.26. The van der Waals surface area contributed by atoms with Crippen LogP contribution in [0.3, 0.4) is 0 Å². The van der Waals surface area contributed by atoms with Crippen LogP contribution in [-0.2, 0) is 6.42 Å². The Morgan fingerprint density at radius 3 is 2.87 bits per heavy atom. The molecule has 2 heterocycles. The number of halogens is 1. The number of fused-ring (bicyclic) bond motifs is 3. The SMILES string of the molecule is COc1ccc(Cl)cc1C1NCCc2c1[nH]c1ccc(C)cc21. The molecule has 2 aromatic carbocycles. The van der Waals surface area contributed by atoms with Crippen molar-refractivity contribution in [2.45, 2.75) is 19.4 Å². The van der Waals surface area contributed by atoms with E-state index in [0.717, 1.165) is 29.3 Å². The lowest BCUT2D eigenvalue weighted by atomic mass is 9.93. The van der Waals surface area contributed by atoms with Crippen molar-refractivity contribution in [2.75, 3.05) is 13.7 Å². The third kappa shape index (κ3) is 2.41. The zero-order valence-electron chi connectivity index (χ0n) is 13.2. The highest BCUT2D eigenvalue weighted by Gasteiger charge is 2.27. The van der Waals surface area contributed by atoms with Crippen molar-refractivity contribution in [1.82, 2.24) is 10.3 Å². The molecular weight excluding hydrogens is 308 g/mol. The number of methoxy groups -OCH3 is 1. The second kappa shape index (κ2) is 5.59. The number of H-pyrrole nitrogens is 1. The molecule has 0 fully saturated rings. The summed E-state index contributed by atoms with van der Waals surface area (Å²) in [5, 5.41) is 5.65. The van der Waals surface area contributed by atoms with Crippen molar-refractivity contribution in [2.24, 2.45) is 0 Å². The molecule has 23 heavy (non-hydrogen) atoms. The number of aromatic nitrogens is 1. The highest BCUT2D eigenvalue weighted by Crippen LogP contribution is 2.38. The molecule has 1 unspecified atom stereocenters. The third-order valence-corrected chi connectivity index (χ3v) is 4.84. The van der Waals surface area contributed by atoms with Crippen LogP contribution >= 0.6 is 11.6 Å². The minimum absolute atomic E-state index is 0.0695. The van der Waals surface area contributed by atoms with Gasteiger partial charge in [0.15, 0.2) is 0 Å². The van der Waals surface area contributed by atoms with Crippen molar-refractivity contribution in [3.05, 3.63) is 63.8 Å². The number of nitrogens with one attached hydrogen (secondary N) is 2. The average molecular weight is 327 g/mol. The Hall–Kier alpha value is -1.97. The van der Waals surface area contributed by atoms with Gasteiger partial charge < -0.3 is 15.0 Å². The molecule has 0 spiro atoms. The largest absolute Gasteiger partial charge is 0.496 e. The molecule has 0 amide bonds. The summed E-state index contributed by atoms with van der Waals surface area (Å²) in [5.41, 5.74) is 6.17. The maximum atomic E-state index is 6.23. The summed E-state index contributed by atoms with van der Waals surface area (Å²) in [6.07, 6.45) is 1.03. The van der Waals surface area contributed by atoms with Crippen molar-refractivity contribution in [1.29, 1.82) is 0 Å². The summed E-state index contributed by atoms with van der Waals surface area (Å²) in [6.45, 7) is 3.08. The van der Waals surface area contributed by atoms with E-state index in [-0.39, 0.29) is 6.04 Å². The molecule has 0 radical (unpaired) electrons. The zero-order valence-corrected chi connectivity index (χ0v) is 14.0. The van der Waals surface area contributed by atoms with E-state index < -0.39 is 0 Å². The number of benzene rings is 2. The standard InChI is InChI=1S/C19H19ClN2O/c1-11-3-5-16-14(9-11)13-7-8-21-18(19(13)22-16)15-10-12(20)4-6-17(15)23-2/h3-6,9-10,18,21-22H,7-8H2,1-2H3. The molecule has 3 nitrogen and oxygen atoms in total. The predicted octanol–water partition coefficient (Wildman–Crippen LogP) is 4.37. The molecule has 118 valence electrons. The Morgan fingerprint density at radius 1 is 1.17 bits per heavy atom. The van der Waals surface area contributed by atoms with Crippen LogP contribution < -0.4 is 10.1 Å². The van der Waals surface area contributed by atoms with E-state index in [1.54, 1.807) is 7.11 Å². The van der Waals surface area contributed by atoms with Gasteiger partial charge in [-0.25, -0.2) is 0 Å². The second-order valence-corrected chi connectivity index (χ2v) is 6.53. The number of aromatic amines is 1. The molecule has 0 saturated carbocycles. The minimum Gasteiger partial charge on any atom is -0.496 e. The number of rotatable bonds is 2. The normalized spacial score (nSPS) is 17.3. The first-order valence-electron chi connectivity index (χ1n) is 7.85. The molecule has 4 heteroatoms. The van der Waals surface area contributed by atoms with Crippen LogP contribution in [0.5, 0.6) is 5.75 Å². The summed E-state index contributed by atoms with van der Waals surface area (Å²) in [4.78, 5) is 3.60. The smallest absolute Gasteiger partial charge is 0.124 e. The maximum absolute atomic E-state index is 6.23. The van der Waals surface area contributed by atoms with E-state index in [4.69, 9.17) is 16.3 Å². The average Bonchev–Trinajstić information content (AvgIpc) is 2.92. The molecule has 2 N–H and O–H groups in total. The Labute approximate surface area is 140 Å². The monoisotopic (exact) mass is 326 g/mol. The molecule has 1 aliphatic heterocycles. The fourth-order valence-corrected chi connectivity index (χ4v) is 3.72. The Bertz CT molecular complexity index is 884. The van der Waals surface area contributed by atoms with Crippen LogP contribution in [0, 0.1) is 6.92 Å². The topological polar surface area (TPSA) is 37.0 Å². The molecular formula is C19H19ClN2O. The lowest BCUT2D eigenvalue weighted by Crippen LogP contribution is -2.30. The quantitative estimate of drug-likeness (QED) is 0.733. The van der Waals surface area contributed by atoms with E-state index in [9.17, 15) is 0 Å². The van der Waals surface area contributed by atoms with Gasteiger partial charge in [0, 0.05) is 33.7 Å². The van der Waals surface area contributed by atoms with E-state index in [1.807, 2.05) is 18.2 Å². The van der Waals surface area contributed by atoms with Gasteiger partial charge in [0.25, 0.3) is 0 Å². The number of ether oxygens (including phenoxy) is 1. The van der Waals surface area contributed by atoms with Crippen molar-refractivity contribution in [3.63, 3.8) is 0 Å². The molecule has 1 atom stereocenters. The molecule has 4 rings (SSSR count). The first-order chi connectivity index (χ1) is 11.2. The first kappa shape index (κ1) is 14.6. The zero-order chi connectivity index (χ0) is 16.0. The Balaban J connectivity index is 1.91. The second-order valence-electron chi connectivity index (χ2n) is 6.09. The van der Waals surface area contributed by atoms with Gasteiger partial charge >= 0.3 is 0 Å². The number of aryl methyl sites for hydroxylation is 1. The van der Waals surface area contributed by atoms with Gasteiger partial charge in [-0.1, -0.05) is 23.2 Å². The fraction of sp³-hybridized carbons (Fsp3) is 0.263. The Kier molecular flexibility index (Phi) is 3.55. The molecule has 1 aliphatic rings. The van der Waals surface area contributed by atoms with Crippen LogP contribution in [0.2, 0.25) is 5.02 Å². The summed E-state index contributed by atoms with van der Waals surface area (Å²) in [6, 6.07) is 12.4. The van der Waals surface area contributed by atoms with Crippen LogP contribution in [0.25, 0.3) is 10.9 Å². The van der Waals surface area contributed by atoms with Gasteiger partial charge in [-0.05, 0) is 49.2 Å². The summed E-state index contributed by atoms with van der Waals surface area (Å²) < 4.78 is 5.55. The summed E-state index contributed by atoms with van der Waals surface area (Å²) in [7, 11) is 1.70. The van der Waals surface area contributed by atoms with Crippen LogP contribution in [0.15, 0.2) is 36.4 Å². The third-order valence-electron chi connectivity index (χ3n) is 4.61. The van der Waals surface area contributed by atoms with E-state index >= 15 is 0 Å². The van der Waals surface area contributed by atoms with Crippen LogP contribution in [0.1, 0.15) is 28.4 Å². The van der Waals surface area contributed by atoms with E-state index in [0.29, 0.717) is 0 Å². The summed E-state index contributed by atoms with van der Waals surface area (Å²) in [5.74, 6) is 0.856.